The van der Waals surface area contributed by atoms with Crippen LogP contribution in [0.25, 0.3) is 21.8 Å². The van der Waals surface area contributed by atoms with E-state index in [0.29, 0.717) is 33.8 Å². The molecule has 0 saturated heterocycles. The van der Waals surface area contributed by atoms with Crippen LogP contribution in [0.4, 0.5) is 22.7 Å². The molecule has 13 heteroatoms. The van der Waals surface area contributed by atoms with Crippen molar-refractivity contribution in [3.63, 3.8) is 0 Å². The Labute approximate surface area is 185 Å². The van der Waals surface area contributed by atoms with Crippen LogP contribution >= 0.6 is 15.9 Å². The molecule has 4 aromatic rings. The van der Waals surface area contributed by atoms with Gasteiger partial charge in [-0.2, -0.15) is 16.8 Å². The second-order valence-electron chi connectivity index (χ2n) is 6.66. The summed E-state index contributed by atoms with van der Waals surface area (Å²) < 4.78 is 55.7. The topological polar surface area (TPSA) is 142 Å². The zero-order chi connectivity index (χ0) is 21.8. The second-order valence-corrected chi connectivity index (χ2v) is 10.3. The molecule has 4 heterocycles. The molecule has 0 amide bonds. The standard InChI is InChI=1S/C9H6BrN3O2S.C9H7N3O2S/c10-6-4-7-9(13-16(14,15)12-7)8-5(6)2-1-3-11-8;13-15(14)11-7-4-3-6-2-1-5-10-8(6)9(7)12-15/h1-4,12-13H;1-5,11-12H. The Kier molecular flexibility index (Phi) is 4.42. The molecule has 0 saturated carbocycles. The quantitative estimate of drug-likeness (QED) is 0.280. The Morgan fingerprint density at radius 3 is 2.06 bits per heavy atom. The monoisotopic (exact) mass is 520 g/mol. The maximum atomic E-state index is 11.4. The van der Waals surface area contributed by atoms with Gasteiger partial charge in [-0.3, -0.25) is 28.9 Å². The Morgan fingerprint density at radius 2 is 1.32 bits per heavy atom. The van der Waals surface area contributed by atoms with E-state index in [2.05, 4.69) is 44.8 Å². The normalized spacial score (nSPS) is 16.7. The van der Waals surface area contributed by atoms with Crippen LogP contribution < -0.4 is 18.9 Å². The third-order valence-corrected chi connectivity index (χ3v) is 7.16. The number of aromatic nitrogens is 2. The van der Waals surface area contributed by atoms with Gasteiger partial charge in [0.05, 0.1) is 22.4 Å². The molecular formula is C18H13BrN6O4S2. The number of hydrogen-bond acceptors (Lipinski definition) is 6. The van der Waals surface area contributed by atoms with Gasteiger partial charge in [0.1, 0.15) is 11.4 Å². The summed E-state index contributed by atoms with van der Waals surface area (Å²) in [6.45, 7) is 0. The minimum Gasteiger partial charge on any atom is -0.265 e. The molecular weight excluding hydrogens is 508 g/mol. The molecule has 0 radical (unpaired) electrons. The highest BCUT2D eigenvalue weighted by molar-refractivity contribution is 9.10. The summed E-state index contributed by atoms with van der Waals surface area (Å²) in [5, 5.41) is 1.77. The Morgan fingerprint density at radius 1 is 0.710 bits per heavy atom. The number of fused-ring (bicyclic) bond motifs is 6. The van der Waals surface area contributed by atoms with Gasteiger partial charge < -0.3 is 0 Å². The summed E-state index contributed by atoms with van der Waals surface area (Å²) in [6, 6.07) is 12.6. The first-order valence-electron chi connectivity index (χ1n) is 8.78. The Bertz CT molecular complexity index is 1590. The van der Waals surface area contributed by atoms with Crippen molar-refractivity contribution in [1.82, 2.24) is 9.97 Å². The highest BCUT2D eigenvalue weighted by Gasteiger charge is 2.26. The van der Waals surface area contributed by atoms with Crippen molar-refractivity contribution < 1.29 is 16.8 Å². The zero-order valence-electron chi connectivity index (χ0n) is 15.4. The minimum absolute atomic E-state index is 0.499. The first-order valence-corrected chi connectivity index (χ1v) is 12.5. The molecule has 0 atom stereocenters. The molecule has 0 fully saturated rings. The predicted molar refractivity (Wildman–Crippen MR) is 124 cm³/mol. The maximum Gasteiger partial charge on any atom is 0.321 e. The van der Waals surface area contributed by atoms with E-state index in [0.717, 1.165) is 15.2 Å². The van der Waals surface area contributed by atoms with Crippen LogP contribution in [-0.4, -0.2) is 26.8 Å². The molecule has 158 valence electrons. The van der Waals surface area contributed by atoms with E-state index in [1.807, 2.05) is 24.3 Å². The smallest absolute Gasteiger partial charge is 0.265 e. The highest BCUT2D eigenvalue weighted by Crippen LogP contribution is 2.39. The fraction of sp³-hybridized carbons (Fsp3) is 0. The van der Waals surface area contributed by atoms with Crippen molar-refractivity contribution >= 4 is 80.9 Å². The van der Waals surface area contributed by atoms with Gasteiger partial charge in [-0.05, 0) is 24.3 Å². The number of hydrogen-bond donors (Lipinski definition) is 4. The summed E-state index contributed by atoms with van der Waals surface area (Å²) in [5.41, 5.74) is 3.36. The second kappa shape index (κ2) is 6.93. The lowest BCUT2D eigenvalue weighted by molar-refractivity contribution is 0.605. The van der Waals surface area contributed by atoms with E-state index in [1.54, 1.807) is 30.6 Å². The molecule has 4 N–H and O–H groups in total. The largest absolute Gasteiger partial charge is 0.321 e. The first-order chi connectivity index (χ1) is 14.7. The predicted octanol–water partition coefficient (Wildman–Crippen LogP) is 3.40. The van der Waals surface area contributed by atoms with Gasteiger partial charge in [0.2, 0.25) is 0 Å². The van der Waals surface area contributed by atoms with Crippen LogP contribution in [0.3, 0.4) is 0 Å². The van der Waals surface area contributed by atoms with Gasteiger partial charge in [0.25, 0.3) is 0 Å². The van der Waals surface area contributed by atoms with E-state index in [-0.39, 0.29) is 0 Å². The Balaban J connectivity index is 0.000000132. The Hall–Kier alpha value is -3.16. The summed E-state index contributed by atoms with van der Waals surface area (Å²) in [7, 11) is -6.91. The maximum absolute atomic E-state index is 11.4. The van der Waals surface area contributed by atoms with Crippen LogP contribution in [0.15, 0.2) is 59.3 Å². The zero-order valence-corrected chi connectivity index (χ0v) is 18.6. The van der Waals surface area contributed by atoms with Crippen LogP contribution in [0.1, 0.15) is 0 Å². The van der Waals surface area contributed by atoms with Gasteiger partial charge in [0.15, 0.2) is 0 Å². The van der Waals surface area contributed by atoms with Gasteiger partial charge in [-0.1, -0.05) is 34.1 Å². The molecule has 2 aromatic heterocycles. The minimum atomic E-state index is -3.47. The van der Waals surface area contributed by atoms with Gasteiger partial charge >= 0.3 is 20.4 Å². The number of halogens is 1. The lowest BCUT2D eigenvalue weighted by Gasteiger charge is -2.04. The molecule has 0 bridgehead atoms. The molecule has 2 aliphatic heterocycles. The molecule has 0 aliphatic carbocycles. The van der Waals surface area contributed by atoms with Crippen LogP contribution in [0.5, 0.6) is 0 Å². The van der Waals surface area contributed by atoms with E-state index >= 15 is 0 Å². The SMILES string of the molecule is O=S1(=O)Nc2cc(Br)c3cccnc3c2N1.O=S1(=O)Nc2ccc3cccnc3c2N1. The van der Waals surface area contributed by atoms with Gasteiger partial charge in [-0.25, -0.2) is 0 Å². The van der Waals surface area contributed by atoms with E-state index in [9.17, 15) is 16.8 Å². The van der Waals surface area contributed by atoms with Crippen molar-refractivity contribution in [2.24, 2.45) is 0 Å². The summed E-state index contributed by atoms with van der Waals surface area (Å²) >= 11 is 3.39. The van der Waals surface area contributed by atoms with Crippen LogP contribution in [0, 0.1) is 0 Å². The average molecular weight is 521 g/mol. The van der Waals surface area contributed by atoms with Crippen molar-refractivity contribution in [1.29, 1.82) is 0 Å². The molecule has 0 spiro atoms. The van der Waals surface area contributed by atoms with Crippen LogP contribution in [-0.2, 0) is 20.4 Å². The fourth-order valence-corrected chi connectivity index (χ4v) is 5.84. The molecule has 31 heavy (non-hydrogen) atoms. The summed E-state index contributed by atoms with van der Waals surface area (Å²) in [6.07, 6.45) is 3.26. The van der Waals surface area contributed by atoms with Gasteiger partial charge in [0, 0.05) is 27.6 Å². The number of pyridine rings is 2. The average Bonchev–Trinajstić information content (AvgIpc) is 3.22. The number of nitrogens with zero attached hydrogens (tertiary/aromatic N) is 2. The summed E-state index contributed by atoms with van der Waals surface area (Å²) in [5.74, 6) is 0. The fourth-order valence-electron chi connectivity index (χ4n) is 3.33. The molecule has 10 nitrogen and oxygen atoms in total. The number of benzene rings is 2. The van der Waals surface area contributed by atoms with E-state index in [1.165, 1.54) is 0 Å². The number of anilines is 4. The lowest BCUT2D eigenvalue weighted by atomic mass is 10.1. The van der Waals surface area contributed by atoms with Crippen molar-refractivity contribution in [2.75, 3.05) is 18.9 Å². The lowest BCUT2D eigenvalue weighted by Crippen LogP contribution is -2.12. The molecule has 2 aliphatic rings. The summed E-state index contributed by atoms with van der Waals surface area (Å²) in [4.78, 5) is 8.33. The van der Waals surface area contributed by atoms with Crippen LogP contribution in [0.2, 0.25) is 0 Å². The third kappa shape index (κ3) is 3.60. The van der Waals surface area contributed by atoms with Crippen molar-refractivity contribution in [3.8, 4) is 0 Å². The number of nitrogens with one attached hydrogen (secondary N) is 4. The molecule has 2 aromatic carbocycles. The molecule has 0 unspecified atom stereocenters. The van der Waals surface area contributed by atoms with E-state index < -0.39 is 20.4 Å². The highest BCUT2D eigenvalue weighted by atomic mass is 79.9. The van der Waals surface area contributed by atoms with Crippen molar-refractivity contribution in [3.05, 3.63) is 59.3 Å². The number of rotatable bonds is 0. The van der Waals surface area contributed by atoms with Crippen molar-refractivity contribution in [2.45, 2.75) is 0 Å². The van der Waals surface area contributed by atoms with E-state index in [4.69, 9.17) is 0 Å². The third-order valence-electron chi connectivity index (χ3n) is 4.58. The van der Waals surface area contributed by atoms with Gasteiger partial charge in [-0.15, -0.1) is 0 Å². The first kappa shape index (κ1) is 19.8. The molecule has 6 rings (SSSR count).